The minimum absolute atomic E-state index is 0.0958. The molecule has 0 amide bonds. The topological polar surface area (TPSA) is 154 Å². The Bertz CT molecular complexity index is 1250. The molecule has 0 unspecified atom stereocenters. The number of aliphatic carboxylic acids is 2. The fraction of sp³-hybridized carbons (Fsp3) is 0.889. The van der Waals surface area contributed by atoms with Crippen molar-refractivity contribution in [2.75, 3.05) is 0 Å². The summed E-state index contributed by atoms with van der Waals surface area (Å²) in [6, 6.07) is 0. The fourth-order valence-corrected chi connectivity index (χ4v) is 12.5. The van der Waals surface area contributed by atoms with Gasteiger partial charge in [-0.25, -0.2) is 0 Å². The van der Waals surface area contributed by atoms with E-state index in [2.05, 4.69) is 47.6 Å². The van der Waals surface area contributed by atoms with Gasteiger partial charge >= 0.3 is 11.9 Å². The molecule has 0 aromatic carbocycles. The third-order valence-corrected chi connectivity index (χ3v) is 15.3. The third-order valence-electron chi connectivity index (χ3n) is 15.3. The molecule has 6 aliphatic rings. The minimum atomic E-state index is -1.36. The number of ether oxygens (including phenoxy) is 2. The van der Waals surface area contributed by atoms with Gasteiger partial charge in [0.15, 0.2) is 6.29 Å². The average Bonchev–Trinajstić information content (AvgIpc) is 2.97. The molecule has 0 spiro atoms. The smallest absolute Gasteiger partial charge is 0.314 e. The third kappa shape index (κ3) is 4.28. The quantitative estimate of drug-likeness (QED) is 0.213. The van der Waals surface area contributed by atoms with E-state index >= 15 is 0 Å². The number of fused-ring (bicyclic) bond motifs is 7. The second-order valence-electron chi connectivity index (χ2n) is 17.2. The van der Waals surface area contributed by atoms with Gasteiger partial charge in [-0.15, -0.1) is 0 Å². The van der Waals surface area contributed by atoms with E-state index in [1.807, 2.05) is 0 Å². The lowest BCUT2D eigenvalue weighted by Gasteiger charge is -2.70. The summed E-state index contributed by atoms with van der Waals surface area (Å²) in [5.74, 6) is -1.08. The Kier molecular flexibility index (Phi) is 7.97. The van der Waals surface area contributed by atoms with Crippen molar-refractivity contribution in [3.63, 3.8) is 0 Å². The lowest BCUT2D eigenvalue weighted by molar-refractivity contribution is -0.324. The predicted octanol–water partition coefficient (Wildman–Crippen LogP) is 5.01. The molecule has 1 heterocycles. The number of carbonyl (C=O) groups is 2. The molecular weight excluding hydrogens is 576 g/mol. The molecule has 9 nitrogen and oxygen atoms in total. The van der Waals surface area contributed by atoms with Gasteiger partial charge in [0, 0.05) is 0 Å². The van der Waals surface area contributed by atoms with Crippen molar-refractivity contribution in [3.05, 3.63) is 11.6 Å². The monoisotopic (exact) mass is 632 g/mol. The van der Waals surface area contributed by atoms with Crippen molar-refractivity contribution in [2.45, 2.75) is 143 Å². The lowest BCUT2D eigenvalue weighted by atomic mass is 9.33. The van der Waals surface area contributed by atoms with Gasteiger partial charge in [-0.2, -0.15) is 0 Å². The molecule has 5 aliphatic carbocycles. The summed E-state index contributed by atoms with van der Waals surface area (Å²) in [7, 11) is 0. The molecule has 6 rings (SSSR count). The summed E-state index contributed by atoms with van der Waals surface area (Å²) in [6.07, 6.45) is 2.36. The number of carboxylic acid groups (broad SMARTS) is 2. The molecule has 1 aliphatic heterocycles. The first kappa shape index (κ1) is 33.4. The highest BCUT2D eigenvalue weighted by Crippen LogP contribution is 2.76. The van der Waals surface area contributed by atoms with Gasteiger partial charge in [-0.05, 0) is 111 Å². The van der Waals surface area contributed by atoms with Crippen LogP contribution in [0.2, 0.25) is 0 Å². The van der Waals surface area contributed by atoms with E-state index < -0.39 is 58.9 Å². The van der Waals surface area contributed by atoms with E-state index in [1.54, 1.807) is 6.92 Å². The molecule has 15 atom stereocenters. The number of hydrogen-bond donors (Lipinski definition) is 5. The Balaban J connectivity index is 1.35. The SMILES string of the molecule is C[C@H]1[C@H](C)CC[C@]2(C(=O)O)CC[C@]3(C(=O)O)C(=CC[C@@H]4[C@@]5(C)CC[C@H](O[C@@H]6O[C@@H](C)[C@H](O)[C@@H](O)[C@H]6O)C(C)(C)[C@@H]5CC[C@]43C)[C@@H]12. The minimum Gasteiger partial charge on any atom is -0.481 e. The van der Waals surface area contributed by atoms with Crippen molar-refractivity contribution in [1.82, 2.24) is 0 Å². The second kappa shape index (κ2) is 10.7. The summed E-state index contributed by atoms with van der Waals surface area (Å²) >= 11 is 0. The molecule has 0 radical (unpaired) electrons. The first-order valence-corrected chi connectivity index (χ1v) is 17.4. The average molecular weight is 633 g/mol. The maximum atomic E-state index is 13.8. The van der Waals surface area contributed by atoms with E-state index in [4.69, 9.17) is 9.47 Å². The highest BCUT2D eigenvalue weighted by atomic mass is 16.7. The molecule has 0 aromatic rings. The van der Waals surface area contributed by atoms with Gasteiger partial charge in [-0.3, -0.25) is 9.59 Å². The van der Waals surface area contributed by atoms with E-state index in [1.165, 1.54) is 0 Å². The van der Waals surface area contributed by atoms with Crippen LogP contribution in [0.1, 0.15) is 106 Å². The number of aliphatic hydroxyl groups is 3. The molecule has 1 saturated heterocycles. The molecule has 5 N–H and O–H groups in total. The van der Waals surface area contributed by atoms with Gasteiger partial charge in [0.25, 0.3) is 0 Å². The number of hydrogen-bond acceptors (Lipinski definition) is 7. The molecule has 254 valence electrons. The lowest BCUT2D eigenvalue weighted by Crippen LogP contribution is -2.68. The summed E-state index contributed by atoms with van der Waals surface area (Å²) < 4.78 is 12.3. The Labute approximate surface area is 267 Å². The van der Waals surface area contributed by atoms with Crippen LogP contribution in [-0.2, 0) is 19.1 Å². The van der Waals surface area contributed by atoms with Crippen molar-refractivity contribution in [2.24, 2.45) is 56.7 Å². The van der Waals surface area contributed by atoms with Crippen LogP contribution in [-0.4, -0.2) is 74.3 Å². The first-order valence-electron chi connectivity index (χ1n) is 17.4. The summed E-state index contributed by atoms with van der Waals surface area (Å²) in [5, 5.41) is 53.2. The van der Waals surface area contributed by atoms with Crippen LogP contribution in [0.4, 0.5) is 0 Å². The highest BCUT2D eigenvalue weighted by Gasteiger charge is 2.73. The van der Waals surface area contributed by atoms with Gasteiger partial charge in [0.2, 0.25) is 0 Å². The van der Waals surface area contributed by atoms with Gasteiger partial charge in [0.05, 0.1) is 23.0 Å². The van der Waals surface area contributed by atoms with E-state index in [-0.39, 0.29) is 40.6 Å². The Hall–Kier alpha value is -1.52. The van der Waals surface area contributed by atoms with E-state index in [0.29, 0.717) is 31.6 Å². The molecular formula is C36H56O9. The van der Waals surface area contributed by atoms with Crippen LogP contribution >= 0.6 is 0 Å². The number of allylic oxidation sites excluding steroid dienone is 1. The van der Waals surface area contributed by atoms with Gasteiger partial charge in [-0.1, -0.05) is 53.2 Å². The number of rotatable bonds is 4. The maximum absolute atomic E-state index is 13.8. The zero-order chi connectivity index (χ0) is 33.1. The molecule has 45 heavy (non-hydrogen) atoms. The Morgan fingerprint density at radius 1 is 0.822 bits per heavy atom. The fourth-order valence-electron chi connectivity index (χ4n) is 12.5. The Morgan fingerprint density at radius 2 is 1.51 bits per heavy atom. The molecule has 0 bridgehead atoms. The highest BCUT2D eigenvalue weighted by molar-refractivity contribution is 5.84. The standard InChI is InChI=1S/C36H56O9/c1-18-10-15-35(30(40)41)16-17-36(31(42)43)21(25(35)19(18)2)8-9-23-33(6)13-12-24(32(4,5)22(33)11-14-34(23,36)7)45-29-28(39)27(38)26(37)20(3)44-29/h8,18-20,22-29,37-39H,9-17H2,1-7H3,(H,40,41)(H,42,43)/t18-,19+,20+,22+,23-,24+,25-,26+,27-,28-,29+,33+,34-,35+,36-/m1/s1. The van der Waals surface area contributed by atoms with Crippen LogP contribution in [0.25, 0.3) is 0 Å². The predicted molar refractivity (Wildman–Crippen MR) is 166 cm³/mol. The van der Waals surface area contributed by atoms with Crippen molar-refractivity contribution in [1.29, 1.82) is 0 Å². The van der Waals surface area contributed by atoms with Gasteiger partial charge < -0.3 is 35.0 Å². The van der Waals surface area contributed by atoms with E-state index in [0.717, 1.165) is 37.7 Å². The van der Waals surface area contributed by atoms with E-state index in [9.17, 15) is 35.1 Å². The molecule has 4 saturated carbocycles. The number of carboxylic acids is 2. The van der Waals surface area contributed by atoms with Gasteiger partial charge in [0.1, 0.15) is 18.3 Å². The number of aliphatic hydroxyl groups excluding tert-OH is 3. The largest absolute Gasteiger partial charge is 0.481 e. The normalized spacial score (nSPS) is 54.0. The van der Waals surface area contributed by atoms with Crippen LogP contribution in [0.5, 0.6) is 0 Å². The van der Waals surface area contributed by atoms with Crippen molar-refractivity contribution < 1.29 is 44.6 Å². The van der Waals surface area contributed by atoms with Crippen LogP contribution in [0, 0.1) is 56.7 Å². The zero-order valence-electron chi connectivity index (χ0n) is 28.2. The summed E-state index contributed by atoms with van der Waals surface area (Å²) in [4.78, 5) is 26.8. The van der Waals surface area contributed by atoms with Crippen LogP contribution < -0.4 is 0 Å². The molecule has 5 fully saturated rings. The zero-order valence-corrected chi connectivity index (χ0v) is 28.2. The van der Waals surface area contributed by atoms with Crippen molar-refractivity contribution in [3.8, 4) is 0 Å². The van der Waals surface area contributed by atoms with Crippen LogP contribution in [0.3, 0.4) is 0 Å². The van der Waals surface area contributed by atoms with Crippen molar-refractivity contribution >= 4 is 11.9 Å². The Morgan fingerprint density at radius 3 is 2.16 bits per heavy atom. The molecule has 0 aromatic heterocycles. The summed E-state index contributed by atoms with van der Waals surface area (Å²) in [5.41, 5.74) is -2.13. The van der Waals surface area contributed by atoms with Crippen LogP contribution in [0.15, 0.2) is 11.6 Å². The molecule has 9 heteroatoms. The maximum Gasteiger partial charge on any atom is 0.314 e. The summed E-state index contributed by atoms with van der Waals surface area (Å²) in [6.45, 7) is 15.0. The first-order chi connectivity index (χ1) is 20.9. The second-order valence-corrected chi connectivity index (χ2v) is 17.2.